The number of hydrogen-bond donors (Lipinski definition) is 0. The fourth-order valence-electron chi connectivity index (χ4n) is 2.06. The standard InChI is InChI=1S/C11H22N2O2/c1-4-15-11(14)9-12(2)8-10-6-5-7-13(10)3/h10H,4-9H2,1-3H3. The summed E-state index contributed by atoms with van der Waals surface area (Å²) < 4.78 is 4.91. The van der Waals surface area contributed by atoms with Gasteiger partial charge >= 0.3 is 5.97 Å². The molecule has 0 N–H and O–H groups in total. The van der Waals surface area contributed by atoms with E-state index in [1.807, 2.05) is 18.9 Å². The molecular weight excluding hydrogens is 192 g/mol. The summed E-state index contributed by atoms with van der Waals surface area (Å²) in [5.74, 6) is -0.124. The van der Waals surface area contributed by atoms with E-state index in [1.165, 1.54) is 19.4 Å². The van der Waals surface area contributed by atoms with Crippen LogP contribution < -0.4 is 0 Å². The van der Waals surface area contributed by atoms with Crippen molar-refractivity contribution in [1.82, 2.24) is 9.80 Å². The monoisotopic (exact) mass is 214 g/mol. The van der Waals surface area contributed by atoms with Crippen LogP contribution in [-0.4, -0.2) is 62.1 Å². The van der Waals surface area contributed by atoms with Gasteiger partial charge in [-0.2, -0.15) is 0 Å². The molecule has 1 rings (SSSR count). The number of carbonyl (C=O) groups is 1. The van der Waals surface area contributed by atoms with Gasteiger partial charge in [0, 0.05) is 12.6 Å². The van der Waals surface area contributed by atoms with Crippen LogP contribution in [0.2, 0.25) is 0 Å². The van der Waals surface area contributed by atoms with Crippen molar-refractivity contribution in [3.63, 3.8) is 0 Å². The molecule has 0 aromatic rings. The van der Waals surface area contributed by atoms with E-state index in [1.54, 1.807) is 0 Å². The highest BCUT2D eigenvalue weighted by Gasteiger charge is 2.22. The number of esters is 1. The number of likely N-dealkylation sites (tertiary alicyclic amines) is 1. The van der Waals surface area contributed by atoms with Crippen molar-refractivity contribution in [3.05, 3.63) is 0 Å². The van der Waals surface area contributed by atoms with Crippen LogP contribution in [0.25, 0.3) is 0 Å². The summed E-state index contributed by atoms with van der Waals surface area (Å²) in [4.78, 5) is 15.6. The summed E-state index contributed by atoms with van der Waals surface area (Å²) in [6.07, 6.45) is 2.51. The normalized spacial score (nSPS) is 22.3. The summed E-state index contributed by atoms with van der Waals surface area (Å²) in [6, 6.07) is 0.601. The Labute approximate surface area is 92.2 Å². The van der Waals surface area contributed by atoms with Gasteiger partial charge in [0.1, 0.15) is 0 Å². The van der Waals surface area contributed by atoms with Crippen molar-refractivity contribution >= 4 is 5.97 Å². The maximum absolute atomic E-state index is 11.2. The highest BCUT2D eigenvalue weighted by Crippen LogP contribution is 2.15. The Bertz CT molecular complexity index is 209. The Balaban J connectivity index is 2.22. The van der Waals surface area contributed by atoms with Crippen LogP contribution in [0.1, 0.15) is 19.8 Å². The molecule has 88 valence electrons. The van der Waals surface area contributed by atoms with E-state index in [2.05, 4.69) is 11.9 Å². The molecule has 0 bridgehead atoms. The molecule has 1 atom stereocenters. The first-order valence-corrected chi connectivity index (χ1v) is 5.68. The molecule has 0 radical (unpaired) electrons. The van der Waals surface area contributed by atoms with Crippen LogP contribution in [0.3, 0.4) is 0 Å². The van der Waals surface area contributed by atoms with Crippen molar-refractivity contribution in [2.75, 3.05) is 40.3 Å². The lowest BCUT2D eigenvalue weighted by atomic mass is 10.2. The van der Waals surface area contributed by atoms with Gasteiger partial charge in [-0.3, -0.25) is 9.69 Å². The molecule has 1 aliphatic rings. The van der Waals surface area contributed by atoms with Gasteiger partial charge in [-0.1, -0.05) is 0 Å². The first-order valence-electron chi connectivity index (χ1n) is 5.68. The number of carbonyl (C=O) groups excluding carboxylic acids is 1. The van der Waals surface area contributed by atoms with E-state index in [-0.39, 0.29) is 5.97 Å². The molecule has 4 nitrogen and oxygen atoms in total. The van der Waals surface area contributed by atoms with Crippen LogP contribution >= 0.6 is 0 Å². The molecule has 1 heterocycles. The average Bonchev–Trinajstić information content (AvgIpc) is 2.52. The number of hydrogen-bond acceptors (Lipinski definition) is 4. The first kappa shape index (κ1) is 12.5. The Morgan fingerprint density at radius 1 is 1.60 bits per heavy atom. The number of likely N-dealkylation sites (N-methyl/N-ethyl adjacent to an activating group) is 2. The molecule has 1 unspecified atom stereocenters. The number of ether oxygens (including phenoxy) is 1. The molecular formula is C11H22N2O2. The fourth-order valence-corrected chi connectivity index (χ4v) is 2.06. The fraction of sp³-hybridized carbons (Fsp3) is 0.909. The van der Waals surface area contributed by atoms with Gasteiger partial charge in [0.2, 0.25) is 0 Å². The van der Waals surface area contributed by atoms with Gasteiger partial charge in [-0.25, -0.2) is 0 Å². The number of nitrogens with zero attached hydrogens (tertiary/aromatic N) is 2. The summed E-state index contributed by atoms with van der Waals surface area (Å²) in [5.41, 5.74) is 0. The van der Waals surface area contributed by atoms with Gasteiger partial charge in [-0.05, 0) is 40.4 Å². The maximum Gasteiger partial charge on any atom is 0.320 e. The minimum absolute atomic E-state index is 0.124. The van der Waals surface area contributed by atoms with E-state index in [4.69, 9.17) is 4.74 Å². The summed E-state index contributed by atoms with van der Waals surface area (Å²) >= 11 is 0. The minimum Gasteiger partial charge on any atom is -0.465 e. The first-order chi connectivity index (χ1) is 7.13. The Morgan fingerprint density at radius 3 is 2.87 bits per heavy atom. The average molecular weight is 214 g/mol. The third-order valence-electron chi connectivity index (χ3n) is 2.90. The van der Waals surface area contributed by atoms with E-state index < -0.39 is 0 Å². The summed E-state index contributed by atoms with van der Waals surface area (Å²) in [6.45, 7) is 4.84. The zero-order valence-corrected chi connectivity index (χ0v) is 10.0. The van der Waals surface area contributed by atoms with Crippen LogP contribution in [-0.2, 0) is 9.53 Å². The highest BCUT2D eigenvalue weighted by atomic mass is 16.5. The number of rotatable bonds is 5. The maximum atomic E-state index is 11.2. The van der Waals surface area contributed by atoms with Crippen molar-refractivity contribution in [3.8, 4) is 0 Å². The predicted octanol–water partition coefficient (Wildman–Crippen LogP) is 0.575. The Morgan fingerprint density at radius 2 is 2.33 bits per heavy atom. The smallest absolute Gasteiger partial charge is 0.320 e. The largest absolute Gasteiger partial charge is 0.465 e. The van der Waals surface area contributed by atoms with E-state index in [9.17, 15) is 4.79 Å². The highest BCUT2D eigenvalue weighted by molar-refractivity contribution is 5.71. The van der Waals surface area contributed by atoms with Gasteiger partial charge in [0.05, 0.1) is 13.2 Å². The molecule has 4 heteroatoms. The Hall–Kier alpha value is -0.610. The second-order valence-electron chi connectivity index (χ2n) is 4.28. The van der Waals surface area contributed by atoms with E-state index in [0.29, 0.717) is 19.2 Å². The SMILES string of the molecule is CCOC(=O)CN(C)CC1CCCN1C. The summed E-state index contributed by atoms with van der Waals surface area (Å²) in [5, 5.41) is 0. The third kappa shape index (κ3) is 4.18. The van der Waals surface area contributed by atoms with Gasteiger partial charge in [0.15, 0.2) is 0 Å². The van der Waals surface area contributed by atoms with E-state index in [0.717, 1.165) is 6.54 Å². The van der Waals surface area contributed by atoms with Crippen LogP contribution in [0.15, 0.2) is 0 Å². The zero-order chi connectivity index (χ0) is 11.3. The van der Waals surface area contributed by atoms with Gasteiger partial charge in [-0.15, -0.1) is 0 Å². The molecule has 0 amide bonds. The predicted molar refractivity (Wildman–Crippen MR) is 59.8 cm³/mol. The molecule has 15 heavy (non-hydrogen) atoms. The van der Waals surface area contributed by atoms with Crippen LogP contribution in [0.4, 0.5) is 0 Å². The molecule has 0 aromatic heterocycles. The molecule has 0 saturated carbocycles. The van der Waals surface area contributed by atoms with Crippen molar-refractivity contribution in [1.29, 1.82) is 0 Å². The second-order valence-corrected chi connectivity index (χ2v) is 4.28. The molecule has 1 aliphatic heterocycles. The molecule has 0 aliphatic carbocycles. The lowest BCUT2D eigenvalue weighted by Gasteiger charge is -2.24. The van der Waals surface area contributed by atoms with Crippen LogP contribution in [0, 0.1) is 0 Å². The second kappa shape index (κ2) is 6.08. The van der Waals surface area contributed by atoms with Crippen molar-refractivity contribution in [2.45, 2.75) is 25.8 Å². The van der Waals surface area contributed by atoms with Crippen molar-refractivity contribution < 1.29 is 9.53 Å². The van der Waals surface area contributed by atoms with Gasteiger partial charge in [0.25, 0.3) is 0 Å². The molecule has 1 saturated heterocycles. The van der Waals surface area contributed by atoms with Crippen LogP contribution in [0.5, 0.6) is 0 Å². The van der Waals surface area contributed by atoms with E-state index >= 15 is 0 Å². The molecule has 1 fully saturated rings. The lowest BCUT2D eigenvalue weighted by molar-refractivity contribution is -0.144. The van der Waals surface area contributed by atoms with Crippen molar-refractivity contribution in [2.24, 2.45) is 0 Å². The third-order valence-corrected chi connectivity index (χ3v) is 2.90. The molecule has 0 spiro atoms. The lowest BCUT2D eigenvalue weighted by Crippen LogP contribution is -2.39. The zero-order valence-electron chi connectivity index (χ0n) is 10.0. The van der Waals surface area contributed by atoms with Gasteiger partial charge < -0.3 is 9.64 Å². The minimum atomic E-state index is -0.124. The Kier molecular flexibility index (Phi) is 5.05. The summed E-state index contributed by atoms with van der Waals surface area (Å²) in [7, 11) is 4.12. The quantitative estimate of drug-likeness (QED) is 0.627. The molecule has 0 aromatic carbocycles. The topological polar surface area (TPSA) is 32.8 Å².